The van der Waals surface area contributed by atoms with E-state index in [1.165, 1.54) is 0 Å². The zero-order valence-electron chi connectivity index (χ0n) is 17.1. The first-order valence-corrected chi connectivity index (χ1v) is 10.2. The van der Waals surface area contributed by atoms with Gasteiger partial charge < -0.3 is 19.5 Å². The van der Waals surface area contributed by atoms with E-state index in [1.807, 2.05) is 36.4 Å². The Kier molecular flexibility index (Phi) is 10.9. The summed E-state index contributed by atoms with van der Waals surface area (Å²) >= 11 is 0. The van der Waals surface area contributed by atoms with Gasteiger partial charge in [0.05, 0.1) is 12.3 Å². The Hall–Kier alpha value is -1.81. The molecule has 1 aromatic carbocycles. The van der Waals surface area contributed by atoms with Gasteiger partial charge in [0.1, 0.15) is 12.0 Å². The standard InChI is InChI=1S/C21H31N5O2.HI/c1-2-22-21(23-11-6-7-16-27-20-8-4-3-5-9-20)26-14-12-25(13-15-26)18-19-10-17-28-24-19;/h3-5,8-10,17H,2,6-7,11-16,18H2,1H3,(H,22,23);1H. The van der Waals surface area contributed by atoms with E-state index in [0.717, 1.165) is 82.7 Å². The van der Waals surface area contributed by atoms with Crippen LogP contribution < -0.4 is 10.1 Å². The highest BCUT2D eigenvalue weighted by atomic mass is 127. The zero-order chi connectivity index (χ0) is 19.4. The van der Waals surface area contributed by atoms with E-state index in [9.17, 15) is 0 Å². The Bertz CT molecular complexity index is 688. The number of halogens is 1. The van der Waals surface area contributed by atoms with Crippen LogP contribution >= 0.6 is 24.0 Å². The van der Waals surface area contributed by atoms with Gasteiger partial charge in [0.15, 0.2) is 5.96 Å². The number of hydrogen-bond acceptors (Lipinski definition) is 5. The molecule has 0 bridgehead atoms. The molecule has 7 nitrogen and oxygen atoms in total. The third kappa shape index (κ3) is 8.22. The molecule has 1 saturated heterocycles. The number of para-hydroxylation sites is 1. The second-order valence-corrected chi connectivity index (χ2v) is 6.86. The topological polar surface area (TPSA) is 66.1 Å². The normalized spacial score (nSPS) is 15.1. The highest BCUT2D eigenvalue weighted by molar-refractivity contribution is 14.0. The number of unbranched alkanes of at least 4 members (excludes halogenated alkanes) is 1. The Morgan fingerprint density at radius 2 is 1.93 bits per heavy atom. The third-order valence-electron chi connectivity index (χ3n) is 4.71. The van der Waals surface area contributed by atoms with Crippen LogP contribution in [0.1, 0.15) is 25.5 Å². The molecule has 1 N–H and O–H groups in total. The van der Waals surface area contributed by atoms with Gasteiger partial charge >= 0.3 is 0 Å². The zero-order valence-corrected chi connectivity index (χ0v) is 19.5. The van der Waals surface area contributed by atoms with Crippen molar-refractivity contribution in [3.8, 4) is 5.75 Å². The lowest BCUT2D eigenvalue weighted by Crippen LogP contribution is -2.52. The van der Waals surface area contributed by atoms with E-state index < -0.39 is 0 Å². The lowest BCUT2D eigenvalue weighted by atomic mass is 10.3. The molecule has 1 fully saturated rings. The molecular weight excluding hydrogens is 481 g/mol. The molecule has 0 saturated carbocycles. The number of rotatable bonds is 9. The van der Waals surface area contributed by atoms with Crippen molar-refractivity contribution in [3.63, 3.8) is 0 Å². The summed E-state index contributed by atoms with van der Waals surface area (Å²) in [6.45, 7) is 9.35. The maximum atomic E-state index is 5.74. The summed E-state index contributed by atoms with van der Waals surface area (Å²) in [5.41, 5.74) is 0.992. The highest BCUT2D eigenvalue weighted by Crippen LogP contribution is 2.09. The quantitative estimate of drug-likeness (QED) is 0.241. The van der Waals surface area contributed by atoms with Crippen LogP contribution in [0, 0.1) is 0 Å². The fraction of sp³-hybridized carbons (Fsp3) is 0.524. The molecule has 2 aromatic rings. The van der Waals surface area contributed by atoms with Crippen molar-refractivity contribution < 1.29 is 9.26 Å². The summed E-state index contributed by atoms with van der Waals surface area (Å²) < 4.78 is 10.7. The van der Waals surface area contributed by atoms with Crippen LogP contribution in [-0.2, 0) is 6.54 Å². The minimum Gasteiger partial charge on any atom is -0.494 e. The van der Waals surface area contributed by atoms with Crippen LogP contribution in [0.15, 0.2) is 52.2 Å². The van der Waals surface area contributed by atoms with Crippen LogP contribution in [0.25, 0.3) is 0 Å². The van der Waals surface area contributed by atoms with Gasteiger partial charge in [-0.15, -0.1) is 24.0 Å². The van der Waals surface area contributed by atoms with E-state index in [4.69, 9.17) is 14.3 Å². The lowest BCUT2D eigenvalue weighted by molar-refractivity contribution is 0.169. The van der Waals surface area contributed by atoms with E-state index in [2.05, 4.69) is 27.2 Å². The number of nitrogens with zero attached hydrogens (tertiary/aromatic N) is 4. The summed E-state index contributed by atoms with van der Waals surface area (Å²) in [6, 6.07) is 11.9. The van der Waals surface area contributed by atoms with Gasteiger partial charge in [0, 0.05) is 51.9 Å². The van der Waals surface area contributed by atoms with Gasteiger partial charge in [0.2, 0.25) is 0 Å². The van der Waals surface area contributed by atoms with Gasteiger partial charge in [-0.3, -0.25) is 9.89 Å². The number of piperazine rings is 1. The summed E-state index contributed by atoms with van der Waals surface area (Å²) in [5.74, 6) is 1.95. The second kappa shape index (κ2) is 13.4. The fourth-order valence-electron chi connectivity index (χ4n) is 3.20. The largest absolute Gasteiger partial charge is 0.494 e. The van der Waals surface area contributed by atoms with Crippen LogP contribution in [0.3, 0.4) is 0 Å². The molecule has 29 heavy (non-hydrogen) atoms. The van der Waals surface area contributed by atoms with Crippen molar-refractivity contribution in [2.24, 2.45) is 4.99 Å². The van der Waals surface area contributed by atoms with Crippen LogP contribution in [0.4, 0.5) is 0 Å². The summed E-state index contributed by atoms with van der Waals surface area (Å²) in [6.07, 6.45) is 3.66. The van der Waals surface area contributed by atoms with Gasteiger partial charge in [-0.05, 0) is 31.9 Å². The average molecular weight is 513 g/mol. The summed E-state index contributed by atoms with van der Waals surface area (Å²) in [4.78, 5) is 9.56. The maximum absolute atomic E-state index is 5.74. The molecule has 0 atom stereocenters. The fourth-order valence-corrected chi connectivity index (χ4v) is 3.20. The molecule has 3 rings (SSSR count). The van der Waals surface area contributed by atoms with E-state index in [-0.39, 0.29) is 24.0 Å². The minimum absolute atomic E-state index is 0. The number of ether oxygens (including phenoxy) is 1. The molecule has 0 aliphatic carbocycles. The van der Waals surface area contributed by atoms with Crippen molar-refractivity contribution in [3.05, 3.63) is 48.4 Å². The molecule has 160 valence electrons. The Morgan fingerprint density at radius 1 is 1.14 bits per heavy atom. The Labute approximate surface area is 190 Å². The van der Waals surface area contributed by atoms with Crippen molar-refractivity contribution in [1.82, 2.24) is 20.3 Å². The van der Waals surface area contributed by atoms with Crippen molar-refractivity contribution >= 4 is 29.9 Å². The van der Waals surface area contributed by atoms with Gasteiger partial charge in [-0.2, -0.15) is 0 Å². The highest BCUT2D eigenvalue weighted by Gasteiger charge is 2.20. The lowest BCUT2D eigenvalue weighted by Gasteiger charge is -2.36. The van der Waals surface area contributed by atoms with Gasteiger partial charge in [0.25, 0.3) is 0 Å². The van der Waals surface area contributed by atoms with Crippen molar-refractivity contribution in [1.29, 1.82) is 0 Å². The number of benzene rings is 1. The predicted octanol–water partition coefficient (Wildman–Crippen LogP) is 3.23. The Balaban J connectivity index is 0.00000300. The Morgan fingerprint density at radius 3 is 2.62 bits per heavy atom. The SMILES string of the molecule is CCNC(=NCCCCOc1ccccc1)N1CCN(Cc2ccon2)CC1.I. The van der Waals surface area contributed by atoms with Gasteiger partial charge in [-0.25, -0.2) is 0 Å². The summed E-state index contributed by atoms with van der Waals surface area (Å²) in [5, 5.41) is 7.43. The number of nitrogens with one attached hydrogen (secondary N) is 1. The first-order chi connectivity index (χ1) is 13.8. The van der Waals surface area contributed by atoms with Crippen LogP contribution in [0.5, 0.6) is 5.75 Å². The van der Waals surface area contributed by atoms with Crippen LogP contribution in [-0.4, -0.2) is 66.8 Å². The molecular formula is C21H32IN5O2. The van der Waals surface area contributed by atoms with E-state index in [0.29, 0.717) is 0 Å². The maximum Gasteiger partial charge on any atom is 0.194 e. The smallest absolute Gasteiger partial charge is 0.194 e. The first-order valence-electron chi connectivity index (χ1n) is 10.2. The molecule has 8 heteroatoms. The number of guanidine groups is 1. The van der Waals surface area contributed by atoms with Crippen LogP contribution in [0.2, 0.25) is 0 Å². The average Bonchev–Trinajstić information content (AvgIpc) is 3.24. The predicted molar refractivity (Wildman–Crippen MR) is 126 cm³/mol. The summed E-state index contributed by atoms with van der Waals surface area (Å²) in [7, 11) is 0. The monoisotopic (exact) mass is 513 g/mol. The van der Waals surface area contributed by atoms with E-state index in [1.54, 1.807) is 6.26 Å². The molecule has 0 radical (unpaired) electrons. The molecule has 0 unspecified atom stereocenters. The molecule has 0 spiro atoms. The third-order valence-corrected chi connectivity index (χ3v) is 4.71. The molecule has 1 aliphatic heterocycles. The molecule has 0 amide bonds. The molecule has 1 aliphatic rings. The van der Waals surface area contributed by atoms with E-state index >= 15 is 0 Å². The van der Waals surface area contributed by atoms with Crippen molar-refractivity contribution in [2.45, 2.75) is 26.3 Å². The molecule has 2 heterocycles. The number of aliphatic imine (C=N–C) groups is 1. The van der Waals surface area contributed by atoms with Crippen molar-refractivity contribution in [2.75, 3.05) is 45.9 Å². The first kappa shape index (κ1) is 23.5. The minimum atomic E-state index is 0. The number of aromatic nitrogens is 1. The van der Waals surface area contributed by atoms with Gasteiger partial charge in [-0.1, -0.05) is 23.4 Å². The molecule has 1 aromatic heterocycles. The second-order valence-electron chi connectivity index (χ2n) is 6.86. The number of hydrogen-bond donors (Lipinski definition) is 1.